The Morgan fingerprint density at radius 1 is 0.324 bits per heavy atom. The summed E-state index contributed by atoms with van der Waals surface area (Å²) in [7, 11) is 0. The molecule has 0 radical (unpaired) electrons. The van der Waals surface area contributed by atoms with E-state index in [1.54, 1.807) is 6.08 Å². The fourth-order valence-electron chi connectivity index (χ4n) is 10.6. The Morgan fingerprint density at radius 3 is 0.865 bits per heavy atom. The van der Waals surface area contributed by atoms with Crippen LogP contribution in [0.2, 0.25) is 0 Å². The number of aliphatic hydroxyl groups excluding tert-OH is 2. The van der Waals surface area contributed by atoms with Crippen molar-refractivity contribution in [3.05, 3.63) is 48.6 Å². The molecule has 0 aliphatic carbocycles. The lowest BCUT2D eigenvalue weighted by atomic mass is 10.0. The fraction of sp³-hybridized carbons (Fsp3) is 0.871. The Bertz CT molecular complexity index is 1170. The number of rotatable bonds is 63. The molecule has 4 nitrogen and oxygen atoms in total. The van der Waals surface area contributed by atoms with E-state index < -0.39 is 12.1 Å². The summed E-state index contributed by atoms with van der Waals surface area (Å²) in [6.45, 7) is 4.33. The van der Waals surface area contributed by atoms with E-state index in [1.165, 1.54) is 315 Å². The number of hydrogen-bond donors (Lipinski definition) is 3. The van der Waals surface area contributed by atoms with Gasteiger partial charge in [-0.15, -0.1) is 0 Å². The molecule has 0 aliphatic rings. The number of amides is 1. The van der Waals surface area contributed by atoms with Crippen molar-refractivity contribution >= 4 is 5.91 Å². The zero-order chi connectivity index (χ0) is 53.4. The minimum atomic E-state index is -0.862. The molecule has 436 valence electrons. The maximum absolute atomic E-state index is 12.5. The second-order valence-corrected chi connectivity index (χ2v) is 23.2. The topological polar surface area (TPSA) is 69.6 Å². The summed E-state index contributed by atoms with van der Waals surface area (Å²) in [5.74, 6) is -0.0664. The standard InChI is InChI=1S/C70H133NO3/c1-3-5-7-9-11-13-15-17-19-21-23-25-27-28-29-30-31-32-33-34-35-36-37-38-39-40-41-42-44-46-48-50-52-54-56-58-60-62-64-66-70(74)71-68(67-72)69(73)65-63-61-59-57-55-53-51-49-47-45-43-26-24-22-20-18-16-14-12-10-8-6-4-2/h15,17,21,23,55,57,63,65,68-69,72-73H,3-14,16,18-20,22,24-54,56,58-62,64,66-67H2,1-2H3,(H,71,74)/b17-15-,23-21-,57-55+,65-63+. The third kappa shape index (κ3) is 61.2. The number of aliphatic hydroxyl groups is 2. The van der Waals surface area contributed by atoms with Gasteiger partial charge in [0.25, 0.3) is 0 Å². The van der Waals surface area contributed by atoms with Gasteiger partial charge in [0.05, 0.1) is 18.8 Å². The van der Waals surface area contributed by atoms with Gasteiger partial charge in [-0.1, -0.05) is 351 Å². The van der Waals surface area contributed by atoms with Gasteiger partial charge in [0.1, 0.15) is 0 Å². The lowest BCUT2D eigenvalue weighted by Gasteiger charge is -2.19. The van der Waals surface area contributed by atoms with Gasteiger partial charge in [0.15, 0.2) is 0 Å². The first-order chi connectivity index (χ1) is 36.7. The van der Waals surface area contributed by atoms with E-state index in [0.29, 0.717) is 6.42 Å². The van der Waals surface area contributed by atoms with E-state index in [0.717, 1.165) is 38.5 Å². The molecule has 3 N–H and O–H groups in total. The molecule has 0 aromatic rings. The van der Waals surface area contributed by atoms with Gasteiger partial charge >= 0.3 is 0 Å². The number of carbonyl (C=O) groups is 1. The molecule has 4 heteroatoms. The number of unbranched alkanes of at least 4 members (excludes halogenated alkanes) is 50. The fourth-order valence-corrected chi connectivity index (χ4v) is 10.6. The van der Waals surface area contributed by atoms with E-state index >= 15 is 0 Å². The van der Waals surface area contributed by atoms with Crippen LogP contribution in [0.25, 0.3) is 0 Å². The van der Waals surface area contributed by atoms with Crippen LogP contribution in [-0.2, 0) is 4.79 Å². The van der Waals surface area contributed by atoms with Crippen molar-refractivity contribution in [1.82, 2.24) is 5.32 Å². The van der Waals surface area contributed by atoms with Crippen molar-refractivity contribution in [1.29, 1.82) is 0 Å². The van der Waals surface area contributed by atoms with Crippen LogP contribution in [0.15, 0.2) is 48.6 Å². The van der Waals surface area contributed by atoms with Crippen molar-refractivity contribution in [2.24, 2.45) is 0 Å². The first-order valence-electron chi connectivity index (χ1n) is 33.9. The van der Waals surface area contributed by atoms with Crippen LogP contribution in [0.5, 0.6) is 0 Å². The first kappa shape index (κ1) is 72.3. The third-order valence-electron chi connectivity index (χ3n) is 15.8. The molecule has 0 aromatic heterocycles. The van der Waals surface area contributed by atoms with Gasteiger partial charge in [-0.3, -0.25) is 4.79 Å². The molecule has 0 saturated heterocycles. The summed E-state index contributed by atoms with van der Waals surface area (Å²) in [6, 6.07) is -0.639. The molecular formula is C70H133NO3. The molecule has 0 saturated carbocycles. The lowest BCUT2D eigenvalue weighted by Crippen LogP contribution is -2.45. The minimum Gasteiger partial charge on any atom is -0.394 e. The monoisotopic (exact) mass is 1040 g/mol. The van der Waals surface area contributed by atoms with E-state index in [4.69, 9.17) is 0 Å². The van der Waals surface area contributed by atoms with E-state index in [2.05, 4.69) is 55.6 Å². The summed E-state index contributed by atoms with van der Waals surface area (Å²) in [5, 5.41) is 23.2. The molecule has 74 heavy (non-hydrogen) atoms. The summed E-state index contributed by atoms with van der Waals surface area (Å²) in [5.41, 5.74) is 0. The van der Waals surface area contributed by atoms with Crippen LogP contribution in [0.3, 0.4) is 0 Å². The maximum Gasteiger partial charge on any atom is 0.220 e. The van der Waals surface area contributed by atoms with E-state index in [1.807, 2.05) is 6.08 Å². The SMILES string of the molecule is CCCCCCC/C=C\C/C=C\CCCCCCCCCCCCCCCCCCCCCCCCCCCCCC(=O)NC(CO)C(O)/C=C/CC/C=C/CCCCCCCCCCCCCCCCCCC. The quantitative estimate of drug-likeness (QED) is 0.0420. The molecule has 1 amide bonds. The van der Waals surface area contributed by atoms with Crippen molar-refractivity contribution in [2.45, 2.75) is 386 Å². The average Bonchev–Trinajstić information content (AvgIpc) is 3.40. The number of allylic oxidation sites excluding steroid dienone is 7. The Labute approximate surface area is 464 Å². The van der Waals surface area contributed by atoms with Crippen LogP contribution in [0, 0.1) is 0 Å². The van der Waals surface area contributed by atoms with Crippen LogP contribution < -0.4 is 5.32 Å². The van der Waals surface area contributed by atoms with Crippen molar-refractivity contribution in [2.75, 3.05) is 6.61 Å². The molecule has 2 atom stereocenters. The summed E-state index contributed by atoms with van der Waals surface area (Å²) in [4.78, 5) is 12.5. The summed E-state index contributed by atoms with van der Waals surface area (Å²) in [6.07, 6.45) is 92.0. The Balaban J connectivity index is 3.42. The highest BCUT2D eigenvalue weighted by Crippen LogP contribution is 2.18. The second-order valence-electron chi connectivity index (χ2n) is 23.2. The summed E-state index contributed by atoms with van der Waals surface area (Å²) >= 11 is 0. The van der Waals surface area contributed by atoms with Crippen LogP contribution in [0.1, 0.15) is 373 Å². The lowest BCUT2D eigenvalue weighted by molar-refractivity contribution is -0.123. The number of hydrogen-bond acceptors (Lipinski definition) is 3. The van der Waals surface area contributed by atoms with Gasteiger partial charge in [-0.2, -0.15) is 0 Å². The molecular weight excluding hydrogens is 903 g/mol. The predicted octanol–water partition coefficient (Wildman–Crippen LogP) is 22.9. The average molecular weight is 1040 g/mol. The van der Waals surface area contributed by atoms with Crippen LogP contribution >= 0.6 is 0 Å². The molecule has 0 bridgehead atoms. The van der Waals surface area contributed by atoms with Crippen molar-refractivity contribution in [3.63, 3.8) is 0 Å². The highest BCUT2D eigenvalue weighted by Gasteiger charge is 2.18. The smallest absolute Gasteiger partial charge is 0.220 e. The third-order valence-corrected chi connectivity index (χ3v) is 15.8. The van der Waals surface area contributed by atoms with Gasteiger partial charge in [-0.05, 0) is 64.2 Å². The van der Waals surface area contributed by atoms with E-state index in [-0.39, 0.29) is 12.5 Å². The summed E-state index contributed by atoms with van der Waals surface area (Å²) < 4.78 is 0. The van der Waals surface area contributed by atoms with E-state index in [9.17, 15) is 15.0 Å². The van der Waals surface area contributed by atoms with Gasteiger partial charge in [-0.25, -0.2) is 0 Å². The largest absolute Gasteiger partial charge is 0.394 e. The van der Waals surface area contributed by atoms with Crippen molar-refractivity contribution in [3.8, 4) is 0 Å². The Hall–Kier alpha value is -1.65. The Morgan fingerprint density at radius 2 is 0.568 bits per heavy atom. The molecule has 0 rings (SSSR count). The normalized spacial score (nSPS) is 13.0. The first-order valence-corrected chi connectivity index (χ1v) is 33.9. The van der Waals surface area contributed by atoms with Crippen LogP contribution in [-0.4, -0.2) is 34.9 Å². The Kier molecular flexibility index (Phi) is 64.2. The minimum absolute atomic E-state index is 0.0664. The predicted molar refractivity (Wildman–Crippen MR) is 331 cm³/mol. The molecule has 0 heterocycles. The number of carbonyl (C=O) groups excluding carboxylic acids is 1. The molecule has 0 aliphatic heterocycles. The van der Waals surface area contributed by atoms with Crippen molar-refractivity contribution < 1.29 is 15.0 Å². The zero-order valence-corrected chi connectivity index (χ0v) is 50.4. The zero-order valence-electron chi connectivity index (χ0n) is 50.4. The number of nitrogens with one attached hydrogen (secondary N) is 1. The molecule has 2 unspecified atom stereocenters. The highest BCUT2D eigenvalue weighted by atomic mass is 16.3. The molecule has 0 spiro atoms. The highest BCUT2D eigenvalue weighted by molar-refractivity contribution is 5.76. The van der Waals surface area contributed by atoms with Gasteiger partial charge in [0.2, 0.25) is 5.91 Å². The molecule has 0 fully saturated rings. The van der Waals surface area contributed by atoms with Gasteiger partial charge in [0, 0.05) is 6.42 Å². The maximum atomic E-state index is 12.5. The van der Waals surface area contributed by atoms with Gasteiger partial charge < -0.3 is 15.5 Å². The molecule has 0 aromatic carbocycles. The van der Waals surface area contributed by atoms with Crippen LogP contribution in [0.4, 0.5) is 0 Å². The second kappa shape index (κ2) is 65.6.